The molecule has 0 aromatic heterocycles. The summed E-state index contributed by atoms with van der Waals surface area (Å²) in [6, 6.07) is 0. The van der Waals surface area contributed by atoms with Gasteiger partial charge >= 0.3 is 0 Å². The quantitative estimate of drug-likeness (QED) is 0.776. The van der Waals surface area contributed by atoms with E-state index in [0.29, 0.717) is 5.41 Å². The average molecular weight is 237 g/mol. The van der Waals surface area contributed by atoms with Crippen molar-refractivity contribution in [3.63, 3.8) is 0 Å². The molecule has 17 heavy (non-hydrogen) atoms. The molecule has 0 aromatic carbocycles. The third-order valence-electron chi connectivity index (χ3n) is 5.33. The Hall–Kier alpha value is -0.0400. The molecule has 1 N–H and O–H groups in total. The smallest absolute Gasteiger partial charge is 0.00148 e. The van der Waals surface area contributed by atoms with Gasteiger partial charge in [0.2, 0.25) is 0 Å². The lowest BCUT2D eigenvalue weighted by molar-refractivity contribution is 0.101. The van der Waals surface area contributed by atoms with E-state index in [9.17, 15) is 0 Å². The van der Waals surface area contributed by atoms with Crippen LogP contribution in [0.4, 0.5) is 0 Å². The third kappa shape index (κ3) is 2.86. The number of hydrogen-bond donors (Lipinski definition) is 1. The van der Waals surface area contributed by atoms with Crippen molar-refractivity contribution in [1.29, 1.82) is 0 Å². The van der Waals surface area contributed by atoms with Crippen LogP contribution in [0, 0.1) is 28.6 Å². The maximum absolute atomic E-state index is 3.66. The van der Waals surface area contributed by atoms with Crippen LogP contribution in [-0.4, -0.2) is 13.1 Å². The van der Waals surface area contributed by atoms with Crippen LogP contribution in [0.5, 0.6) is 0 Å². The second-order valence-electron chi connectivity index (χ2n) is 7.96. The maximum atomic E-state index is 3.66. The molecule has 0 bridgehead atoms. The van der Waals surface area contributed by atoms with Gasteiger partial charge in [0.15, 0.2) is 0 Å². The summed E-state index contributed by atoms with van der Waals surface area (Å²) < 4.78 is 0. The lowest BCUT2D eigenvalue weighted by atomic mass is 9.65. The molecule has 0 aromatic rings. The first-order valence-corrected chi connectivity index (χ1v) is 7.56. The first-order valence-electron chi connectivity index (χ1n) is 7.56. The fourth-order valence-corrected chi connectivity index (χ4v) is 4.08. The van der Waals surface area contributed by atoms with Crippen molar-refractivity contribution in [2.45, 2.75) is 60.3 Å². The Bertz CT molecular complexity index is 269. The van der Waals surface area contributed by atoms with Crippen molar-refractivity contribution < 1.29 is 0 Å². The van der Waals surface area contributed by atoms with E-state index < -0.39 is 0 Å². The minimum atomic E-state index is 0.600. The van der Waals surface area contributed by atoms with Crippen LogP contribution in [0.2, 0.25) is 0 Å². The normalized spacial score (nSPS) is 39.9. The van der Waals surface area contributed by atoms with Gasteiger partial charge in [-0.2, -0.15) is 0 Å². The Balaban J connectivity index is 1.80. The SMILES string of the molecule is CC(C)CNCC1CC12CCC(C)(C)CC2C. The fraction of sp³-hybridized carbons (Fsp3) is 1.00. The van der Waals surface area contributed by atoms with Crippen LogP contribution in [0.1, 0.15) is 60.3 Å². The van der Waals surface area contributed by atoms with Gasteiger partial charge in [-0.3, -0.25) is 0 Å². The highest BCUT2D eigenvalue weighted by Gasteiger charge is 2.58. The molecule has 0 saturated heterocycles. The van der Waals surface area contributed by atoms with Crippen molar-refractivity contribution in [3.05, 3.63) is 0 Å². The second-order valence-corrected chi connectivity index (χ2v) is 7.96. The van der Waals surface area contributed by atoms with Gasteiger partial charge in [-0.15, -0.1) is 0 Å². The lowest BCUT2D eigenvalue weighted by Gasteiger charge is -2.40. The first kappa shape index (κ1) is 13.4. The Morgan fingerprint density at radius 2 is 1.88 bits per heavy atom. The largest absolute Gasteiger partial charge is 0.316 e. The fourth-order valence-electron chi connectivity index (χ4n) is 4.08. The minimum Gasteiger partial charge on any atom is -0.316 e. The van der Waals surface area contributed by atoms with Crippen LogP contribution in [0.25, 0.3) is 0 Å². The summed E-state index contributed by atoms with van der Waals surface area (Å²) in [4.78, 5) is 0. The number of hydrogen-bond acceptors (Lipinski definition) is 1. The van der Waals surface area contributed by atoms with Crippen molar-refractivity contribution >= 4 is 0 Å². The van der Waals surface area contributed by atoms with Crippen molar-refractivity contribution in [1.82, 2.24) is 5.32 Å². The van der Waals surface area contributed by atoms with E-state index in [1.807, 2.05) is 0 Å². The highest BCUT2D eigenvalue weighted by Crippen LogP contribution is 2.66. The van der Waals surface area contributed by atoms with E-state index in [0.717, 1.165) is 23.2 Å². The van der Waals surface area contributed by atoms with Crippen LogP contribution in [0.3, 0.4) is 0 Å². The Labute approximate surface area is 108 Å². The summed E-state index contributed by atoms with van der Waals surface area (Å²) in [5.74, 6) is 2.71. The molecule has 3 unspecified atom stereocenters. The van der Waals surface area contributed by atoms with E-state index in [4.69, 9.17) is 0 Å². The van der Waals surface area contributed by atoms with E-state index in [1.165, 1.54) is 38.8 Å². The van der Waals surface area contributed by atoms with Gasteiger partial charge in [0.1, 0.15) is 0 Å². The predicted octanol–water partition coefficient (Wildman–Crippen LogP) is 4.08. The maximum Gasteiger partial charge on any atom is -0.00148 e. The van der Waals surface area contributed by atoms with E-state index >= 15 is 0 Å². The minimum absolute atomic E-state index is 0.600. The monoisotopic (exact) mass is 237 g/mol. The third-order valence-corrected chi connectivity index (χ3v) is 5.33. The molecule has 100 valence electrons. The van der Waals surface area contributed by atoms with Crippen LogP contribution in [0.15, 0.2) is 0 Å². The van der Waals surface area contributed by atoms with Crippen LogP contribution < -0.4 is 5.32 Å². The van der Waals surface area contributed by atoms with Crippen molar-refractivity contribution in [3.8, 4) is 0 Å². The van der Waals surface area contributed by atoms with Crippen LogP contribution in [-0.2, 0) is 0 Å². The van der Waals surface area contributed by atoms with Gasteiger partial charge < -0.3 is 5.32 Å². The average Bonchev–Trinajstić information content (AvgIpc) is 2.87. The van der Waals surface area contributed by atoms with E-state index in [-0.39, 0.29) is 0 Å². The highest BCUT2D eigenvalue weighted by molar-refractivity contribution is 5.09. The predicted molar refractivity (Wildman–Crippen MR) is 75.0 cm³/mol. The summed E-state index contributed by atoms with van der Waals surface area (Å²) in [6.07, 6.45) is 5.86. The molecule has 0 radical (unpaired) electrons. The van der Waals surface area contributed by atoms with Gasteiger partial charge in [0, 0.05) is 0 Å². The first-order chi connectivity index (χ1) is 7.86. The van der Waals surface area contributed by atoms with Crippen LogP contribution >= 0.6 is 0 Å². The molecule has 2 fully saturated rings. The zero-order valence-electron chi connectivity index (χ0n) is 12.5. The molecule has 0 amide bonds. The molecule has 0 aliphatic heterocycles. The molecule has 2 rings (SSSR count). The molecule has 1 nitrogen and oxygen atoms in total. The lowest BCUT2D eigenvalue weighted by Crippen LogP contribution is -2.32. The molecule has 2 saturated carbocycles. The Morgan fingerprint density at radius 1 is 1.18 bits per heavy atom. The van der Waals surface area contributed by atoms with Gasteiger partial charge in [-0.05, 0) is 67.4 Å². The molecule has 0 heterocycles. The zero-order valence-corrected chi connectivity index (χ0v) is 12.5. The molecular weight excluding hydrogens is 206 g/mol. The molecule has 1 spiro atoms. The van der Waals surface area contributed by atoms with Gasteiger partial charge in [-0.1, -0.05) is 34.6 Å². The van der Waals surface area contributed by atoms with Gasteiger partial charge in [0.25, 0.3) is 0 Å². The highest BCUT2D eigenvalue weighted by atomic mass is 14.9. The topological polar surface area (TPSA) is 12.0 Å². The Kier molecular flexibility index (Phi) is 3.60. The summed E-state index contributed by atoms with van der Waals surface area (Å²) in [6.45, 7) is 14.4. The van der Waals surface area contributed by atoms with E-state index in [1.54, 1.807) is 0 Å². The standard InChI is InChI=1S/C16H31N/c1-12(2)10-17-11-14-9-16(14)7-6-15(4,5)8-13(16)3/h12-14,17H,6-11H2,1-5H3. The van der Waals surface area contributed by atoms with Crippen molar-refractivity contribution in [2.75, 3.05) is 13.1 Å². The number of rotatable bonds is 4. The molecule has 2 aliphatic carbocycles. The summed E-state index contributed by atoms with van der Waals surface area (Å²) in [5, 5.41) is 3.66. The summed E-state index contributed by atoms with van der Waals surface area (Å²) in [5.41, 5.74) is 1.34. The zero-order chi connectivity index (χ0) is 12.7. The molecule has 3 atom stereocenters. The summed E-state index contributed by atoms with van der Waals surface area (Å²) >= 11 is 0. The van der Waals surface area contributed by atoms with Gasteiger partial charge in [0.05, 0.1) is 0 Å². The van der Waals surface area contributed by atoms with E-state index in [2.05, 4.69) is 39.9 Å². The second kappa shape index (κ2) is 4.57. The number of nitrogens with one attached hydrogen (secondary N) is 1. The van der Waals surface area contributed by atoms with Gasteiger partial charge in [-0.25, -0.2) is 0 Å². The molecule has 2 aliphatic rings. The Morgan fingerprint density at radius 3 is 2.47 bits per heavy atom. The van der Waals surface area contributed by atoms with Crippen molar-refractivity contribution in [2.24, 2.45) is 28.6 Å². The molecular formula is C16H31N. The molecule has 1 heteroatoms. The summed E-state index contributed by atoms with van der Waals surface area (Å²) in [7, 11) is 0.